The SMILES string of the molecule is OC1NCCOC1O. The lowest BCUT2D eigenvalue weighted by molar-refractivity contribution is -0.191. The van der Waals surface area contributed by atoms with Crippen LogP contribution in [0.3, 0.4) is 0 Å². The van der Waals surface area contributed by atoms with Gasteiger partial charge in [-0.05, 0) is 0 Å². The molecule has 3 N–H and O–H groups in total. The average Bonchev–Trinajstić information content (AvgIpc) is 1.77. The Morgan fingerprint density at radius 3 is 2.62 bits per heavy atom. The number of rotatable bonds is 0. The molecular weight excluding hydrogens is 110 g/mol. The molecule has 0 bridgehead atoms. The Kier molecular flexibility index (Phi) is 1.80. The summed E-state index contributed by atoms with van der Waals surface area (Å²) in [7, 11) is 0. The van der Waals surface area contributed by atoms with Crippen molar-refractivity contribution in [3.8, 4) is 0 Å². The highest BCUT2D eigenvalue weighted by atomic mass is 16.6. The third kappa shape index (κ3) is 1.16. The van der Waals surface area contributed by atoms with Gasteiger partial charge in [0, 0.05) is 6.54 Å². The molecule has 0 radical (unpaired) electrons. The Morgan fingerprint density at radius 2 is 2.25 bits per heavy atom. The second-order valence-corrected chi connectivity index (χ2v) is 1.66. The predicted octanol–water partition coefficient (Wildman–Crippen LogP) is -1.76. The van der Waals surface area contributed by atoms with Crippen LogP contribution in [0.15, 0.2) is 0 Å². The van der Waals surface area contributed by atoms with Gasteiger partial charge in [0.25, 0.3) is 0 Å². The molecular formula is C4H9NO3. The van der Waals surface area contributed by atoms with Crippen LogP contribution in [0.25, 0.3) is 0 Å². The van der Waals surface area contributed by atoms with E-state index in [-0.39, 0.29) is 0 Å². The Bertz CT molecular complexity index is 67.7. The number of hydrogen-bond acceptors (Lipinski definition) is 4. The van der Waals surface area contributed by atoms with Crippen molar-refractivity contribution in [2.24, 2.45) is 0 Å². The average molecular weight is 119 g/mol. The number of ether oxygens (including phenoxy) is 1. The highest BCUT2D eigenvalue weighted by molar-refractivity contribution is 4.60. The molecule has 0 aromatic rings. The quantitative estimate of drug-likeness (QED) is 0.353. The van der Waals surface area contributed by atoms with Crippen LogP contribution in [-0.4, -0.2) is 35.9 Å². The summed E-state index contributed by atoms with van der Waals surface area (Å²) in [5.41, 5.74) is 0. The second-order valence-electron chi connectivity index (χ2n) is 1.66. The molecule has 1 aliphatic heterocycles. The molecule has 1 aliphatic rings. The number of nitrogens with one attached hydrogen (secondary N) is 1. The van der Waals surface area contributed by atoms with E-state index >= 15 is 0 Å². The smallest absolute Gasteiger partial charge is 0.194 e. The van der Waals surface area contributed by atoms with Crippen molar-refractivity contribution in [1.82, 2.24) is 5.32 Å². The van der Waals surface area contributed by atoms with Gasteiger partial charge in [0.1, 0.15) is 0 Å². The van der Waals surface area contributed by atoms with Crippen LogP contribution in [-0.2, 0) is 4.74 Å². The molecule has 0 aromatic carbocycles. The second kappa shape index (κ2) is 2.41. The minimum absolute atomic E-state index is 0.457. The molecule has 1 fully saturated rings. The van der Waals surface area contributed by atoms with Gasteiger partial charge in [0.05, 0.1) is 6.61 Å². The lowest BCUT2D eigenvalue weighted by atomic mass is 10.4. The first-order valence-electron chi connectivity index (χ1n) is 2.52. The maximum Gasteiger partial charge on any atom is 0.194 e. The van der Waals surface area contributed by atoms with Gasteiger partial charge in [-0.3, -0.25) is 5.32 Å². The maximum absolute atomic E-state index is 8.69. The zero-order valence-corrected chi connectivity index (χ0v) is 4.37. The van der Waals surface area contributed by atoms with E-state index in [2.05, 4.69) is 10.1 Å². The lowest BCUT2D eigenvalue weighted by Gasteiger charge is -2.24. The van der Waals surface area contributed by atoms with Crippen LogP contribution in [0.4, 0.5) is 0 Å². The van der Waals surface area contributed by atoms with Crippen molar-refractivity contribution in [1.29, 1.82) is 0 Å². The third-order valence-electron chi connectivity index (χ3n) is 1.01. The summed E-state index contributed by atoms with van der Waals surface area (Å²) in [5.74, 6) is 0. The molecule has 0 aromatic heterocycles. The standard InChI is InChI=1S/C4H9NO3/c6-3-4(7)8-2-1-5-3/h3-7H,1-2H2. The molecule has 1 rings (SSSR count). The van der Waals surface area contributed by atoms with Gasteiger partial charge in [0.15, 0.2) is 12.5 Å². The van der Waals surface area contributed by atoms with Crippen LogP contribution in [0.1, 0.15) is 0 Å². The van der Waals surface area contributed by atoms with E-state index in [1.54, 1.807) is 0 Å². The highest BCUT2D eigenvalue weighted by Crippen LogP contribution is 1.95. The molecule has 2 atom stereocenters. The largest absolute Gasteiger partial charge is 0.373 e. The molecule has 0 saturated carbocycles. The number of hydrogen-bond donors (Lipinski definition) is 3. The van der Waals surface area contributed by atoms with Gasteiger partial charge < -0.3 is 14.9 Å². The van der Waals surface area contributed by atoms with Crippen molar-refractivity contribution in [2.45, 2.75) is 12.5 Å². The normalized spacial score (nSPS) is 39.8. The summed E-state index contributed by atoms with van der Waals surface area (Å²) in [6.07, 6.45) is -1.97. The molecule has 8 heavy (non-hydrogen) atoms. The van der Waals surface area contributed by atoms with Gasteiger partial charge >= 0.3 is 0 Å². The van der Waals surface area contributed by atoms with E-state index < -0.39 is 12.5 Å². The van der Waals surface area contributed by atoms with Crippen molar-refractivity contribution in [3.05, 3.63) is 0 Å². The van der Waals surface area contributed by atoms with Crippen LogP contribution in [0.5, 0.6) is 0 Å². The first-order chi connectivity index (χ1) is 3.80. The van der Waals surface area contributed by atoms with Gasteiger partial charge in [-0.15, -0.1) is 0 Å². The third-order valence-corrected chi connectivity index (χ3v) is 1.01. The zero-order chi connectivity index (χ0) is 5.98. The zero-order valence-electron chi connectivity index (χ0n) is 4.37. The Hall–Kier alpha value is -0.160. The van der Waals surface area contributed by atoms with Crippen LogP contribution < -0.4 is 5.32 Å². The molecule has 1 heterocycles. The lowest BCUT2D eigenvalue weighted by Crippen LogP contribution is -2.47. The van der Waals surface area contributed by atoms with Gasteiger partial charge in [-0.1, -0.05) is 0 Å². The Balaban J connectivity index is 2.28. The first kappa shape index (κ1) is 5.97. The van der Waals surface area contributed by atoms with Crippen LogP contribution in [0.2, 0.25) is 0 Å². The first-order valence-corrected chi connectivity index (χ1v) is 2.52. The van der Waals surface area contributed by atoms with E-state index in [0.717, 1.165) is 0 Å². The minimum atomic E-state index is -1.05. The summed E-state index contributed by atoms with van der Waals surface area (Å²) in [5, 5.41) is 19.9. The number of morpholine rings is 1. The number of aliphatic hydroxyl groups is 2. The van der Waals surface area contributed by atoms with Crippen LogP contribution in [0, 0.1) is 0 Å². The fourth-order valence-corrected chi connectivity index (χ4v) is 0.578. The highest BCUT2D eigenvalue weighted by Gasteiger charge is 2.19. The van der Waals surface area contributed by atoms with Gasteiger partial charge in [-0.2, -0.15) is 0 Å². The Morgan fingerprint density at radius 1 is 1.50 bits per heavy atom. The summed E-state index contributed by atoms with van der Waals surface area (Å²) >= 11 is 0. The van der Waals surface area contributed by atoms with E-state index in [0.29, 0.717) is 13.2 Å². The Labute approximate surface area is 47.1 Å². The molecule has 2 unspecified atom stereocenters. The molecule has 1 saturated heterocycles. The summed E-state index contributed by atoms with van der Waals surface area (Å²) < 4.78 is 4.63. The maximum atomic E-state index is 8.69. The van der Waals surface area contributed by atoms with Crippen LogP contribution >= 0.6 is 0 Å². The molecule has 4 heteroatoms. The minimum Gasteiger partial charge on any atom is -0.373 e. The van der Waals surface area contributed by atoms with Crippen molar-refractivity contribution < 1.29 is 14.9 Å². The molecule has 48 valence electrons. The monoisotopic (exact) mass is 119 g/mol. The molecule has 0 aliphatic carbocycles. The fourth-order valence-electron chi connectivity index (χ4n) is 0.578. The summed E-state index contributed by atoms with van der Waals surface area (Å²) in [6, 6.07) is 0. The van der Waals surface area contributed by atoms with Gasteiger partial charge in [0.2, 0.25) is 0 Å². The number of aliphatic hydroxyl groups excluding tert-OH is 2. The van der Waals surface area contributed by atoms with E-state index in [1.807, 2.05) is 0 Å². The van der Waals surface area contributed by atoms with Crippen molar-refractivity contribution >= 4 is 0 Å². The molecule has 0 spiro atoms. The predicted molar refractivity (Wildman–Crippen MR) is 26.0 cm³/mol. The van der Waals surface area contributed by atoms with Gasteiger partial charge in [-0.25, -0.2) is 0 Å². The van der Waals surface area contributed by atoms with Crippen molar-refractivity contribution in [3.63, 3.8) is 0 Å². The molecule has 4 nitrogen and oxygen atoms in total. The van der Waals surface area contributed by atoms with E-state index in [9.17, 15) is 0 Å². The van der Waals surface area contributed by atoms with Crippen molar-refractivity contribution in [2.75, 3.05) is 13.2 Å². The molecule has 0 amide bonds. The topological polar surface area (TPSA) is 61.7 Å². The summed E-state index contributed by atoms with van der Waals surface area (Å²) in [4.78, 5) is 0. The summed E-state index contributed by atoms with van der Waals surface area (Å²) in [6.45, 7) is 1.05. The van der Waals surface area contributed by atoms with E-state index in [4.69, 9.17) is 10.2 Å². The fraction of sp³-hybridized carbons (Fsp3) is 1.00. The van der Waals surface area contributed by atoms with E-state index in [1.165, 1.54) is 0 Å².